The van der Waals surface area contributed by atoms with Crippen molar-refractivity contribution in [1.82, 2.24) is 15.1 Å². The van der Waals surface area contributed by atoms with Crippen molar-refractivity contribution in [3.63, 3.8) is 0 Å². The molecule has 0 aliphatic rings. The highest BCUT2D eigenvalue weighted by molar-refractivity contribution is 6.30. The van der Waals surface area contributed by atoms with E-state index in [1.165, 1.54) is 11.3 Å². The van der Waals surface area contributed by atoms with Gasteiger partial charge in [0.25, 0.3) is 0 Å². The molecule has 2 rings (SSSR count). The van der Waals surface area contributed by atoms with E-state index in [9.17, 15) is 0 Å². The number of aryl methyl sites for hydroxylation is 1. The molecule has 1 N–H and O–H groups in total. The third-order valence-electron chi connectivity index (χ3n) is 2.96. The van der Waals surface area contributed by atoms with Crippen molar-refractivity contribution in [2.45, 2.75) is 26.4 Å². The summed E-state index contributed by atoms with van der Waals surface area (Å²) in [5, 5.41) is 8.59. The quantitative estimate of drug-likeness (QED) is 0.897. The number of benzene rings is 1. The standard InChI is InChI=1S/C14H18ClN3/c1-3-16-14(11-5-7-12(15)8-6-11)13-9-10-17-18(13)4-2/h5-10,14,16H,3-4H2,1-2H3. The van der Waals surface area contributed by atoms with Crippen molar-refractivity contribution in [3.8, 4) is 0 Å². The van der Waals surface area contributed by atoms with Gasteiger partial charge >= 0.3 is 0 Å². The van der Waals surface area contributed by atoms with E-state index >= 15 is 0 Å². The lowest BCUT2D eigenvalue weighted by Gasteiger charge is -2.19. The van der Waals surface area contributed by atoms with E-state index in [1.54, 1.807) is 0 Å². The van der Waals surface area contributed by atoms with Gasteiger partial charge in [-0.3, -0.25) is 4.68 Å². The van der Waals surface area contributed by atoms with Crippen LogP contribution in [0.15, 0.2) is 36.5 Å². The summed E-state index contributed by atoms with van der Waals surface area (Å²) in [5.74, 6) is 0. The summed E-state index contributed by atoms with van der Waals surface area (Å²) in [6.07, 6.45) is 1.85. The molecule has 0 aliphatic carbocycles. The summed E-state index contributed by atoms with van der Waals surface area (Å²) >= 11 is 5.94. The van der Waals surface area contributed by atoms with Crippen LogP contribution in [0.3, 0.4) is 0 Å². The summed E-state index contributed by atoms with van der Waals surface area (Å²) in [6, 6.07) is 10.2. The highest BCUT2D eigenvalue weighted by Gasteiger charge is 2.16. The number of nitrogens with zero attached hydrogens (tertiary/aromatic N) is 2. The molecule has 1 unspecified atom stereocenters. The first-order valence-corrected chi connectivity index (χ1v) is 6.64. The third-order valence-corrected chi connectivity index (χ3v) is 3.21. The number of halogens is 1. The minimum atomic E-state index is 0.162. The number of hydrogen-bond acceptors (Lipinski definition) is 2. The first kappa shape index (κ1) is 13.1. The van der Waals surface area contributed by atoms with Crippen molar-refractivity contribution in [3.05, 3.63) is 52.8 Å². The van der Waals surface area contributed by atoms with Crippen LogP contribution in [0.4, 0.5) is 0 Å². The summed E-state index contributed by atoms with van der Waals surface area (Å²) in [7, 11) is 0. The monoisotopic (exact) mass is 263 g/mol. The van der Waals surface area contributed by atoms with Crippen molar-refractivity contribution >= 4 is 11.6 Å². The van der Waals surface area contributed by atoms with Crippen LogP contribution in [0, 0.1) is 0 Å². The SMILES string of the molecule is CCNC(c1ccc(Cl)cc1)c1ccnn1CC. The van der Waals surface area contributed by atoms with Crippen molar-refractivity contribution < 1.29 is 0 Å². The molecule has 96 valence electrons. The molecule has 0 spiro atoms. The Bertz CT molecular complexity index is 490. The highest BCUT2D eigenvalue weighted by Crippen LogP contribution is 2.23. The van der Waals surface area contributed by atoms with E-state index in [0.717, 1.165) is 18.1 Å². The summed E-state index contributed by atoms with van der Waals surface area (Å²) in [4.78, 5) is 0. The molecular weight excluding hydrogens is 246 g/mol. The van der Waals surface area contributed by atoms with E-state index in [-0.39, 0.29) is 6.04 Å². The molecule has 1 aromatic carbocycles. The molecule has 4 heteroatoms. The average molecular weight is 264 g/mol. The first-order chi connectivity index (χ1) is 8.76. The van der Waals surface area contributed by atoms with Crippen molar-refractivity contribution in [2.24, 2.45) is 0 Å². The fourth-order valence-electron chi connectivity index (χ4n) is 2.10. The zero-order chi connectivity index (χ0) is 13.0. The Morgan fingerprint density at radius 2 is 1.94 bits per heavy atom. The van der Waals surface area contributed by atoms with E-state index in [4.69, 9.17) is 11.6 Å². The van der Waals surface area contributed by atoms with Crippen LogP contribution in [0.5, 0.6) is 0 Å². The minimum Gasteiger partial charge on any atom is -0.305 e. The van der Waals surface area contributed by atoms with Gasteiger partial charge in [0.15, 0.2) is 0 Å². The van der Waals surface area contributed by atoms with Gasteiger partial charge in [-0.1, -0.05) is 30.7 Å². The van der Waals surface area contributed by atoms with Crippen LogP contribution < -0.4 is 5.32 Å². The molecule has 0 saturated heterocycles. The summed E-state index contributed by atoms with van der Waals surface area (Å²) < 4.78 is 2.02. The molecule has 3 nitrogen and oxygen atoms in total. The Labute approximate surface area is 113 Å². The topological polar surface area (TPSA) is 29.9 Å². The van der Waals surface area contributed by atoms with Crippen LogP contribution in [-0.4, -0.2) is 16.3 Å². The molecule has 0 saturated carbocycles. The van der Waals surface area contributed by atoms with Gasteiger partial charge in [-0.2, -0.15) is 5.10 Å². The molecule has 1 atom stereocenters. The molecule has 0 aliphatic heterocycles. The molecular formula is C14H18ClN3. The van der Waals surface area contributed by atoms with Crippen LogP contribution >= 0.6 is 11.6 Å². The van der Waals surface area contributed by atoms with Gasteiger partial charge in [-0.25, -0.2) is 0 Å². The van der Waals surface area contributed by atoms with Crippen LogP contribution in [0.25, 0.3) is 0 Å². The minimum absolute atomic E-state index is 0.162. The fourth-order valence-corrected chi connectivity index (χ4v) is 2.23. The average Bonchev–Trinajstić information content (AvgIpc) is 2.85. The van der Waals surface area contributed by atoms with Gasteiger partial charge < -0.3 is 5.32 Å². The predicted octanol–water partition coefficient (Wildman–Crippen LogP) is 3.26. The lowest BCUT2D eigenvalue weighted by Crippen LogP contribution is -2.24. The van der Waals surface area contributed by atoms with E-state index < -0.39 is 0 Å². The zero-order valence-electron chi connectivity index (χ0n) is 10.7. The lowest BCUT2D eigenvalue weighted by atomic mass is 10.0. The molecule has 2 aromatic rings. The smallest absolute Gasteiger partial charge is 0.0748 e. The van der Waals surface area contributed by atoms with Crippen LogP contribution in [0.1, 0.15) is 31.1 Å². The molecule has 0 fully saturated rings. The van der Waals surface area contributed by atoms with Gasteiger partial charge in [0.2, 0.25) is 0 Å². The second-order valence-corrected chi connectivity index (χ2v) is 4.55. The predicted molar refractivity (Wildman–Crippen MR) is 74.9 cm³/mol. The number of rotatable bonds is 5. The van der Waals surface area contributed by atoms with E-state index in [0.29, 0.717) is 0 Å². The summed E-state index contributed by atoms with van der Waals surface area (Å²) in [6.45, 7) is 5.98. The fraction of sp³-hybridized carbons (Fsp3) is 0.357. The maximum absolute atomic E-state index is 5.94. The van der Waals surface area contributed by atoms with Gasteiger partial charge in [0.05, 0.1) is 11.7 Å². The van der Waals surface area contributed by atoms with Crippen LogP contribution in [-0.2, 0) is 6.54 Å². The number of nitrogens with one attached hydrogen (secondary N) is 1. The maximum Gasteiger partial charge on any atom is 0.0748 e. The molecule has 1 heterocycles. The van der Waals surface area contributed by atoms with Crippen molar-refractivity contribution in [2.75, 3.05) is 6.54 Å². The Morgan fingerprint density at radius 3 is 2.56 bits per heavy atom. The molecule has 0 radical (unpaired) electrons. The first-order valence-electron chi connectivity index (χ1n) is 6.26. The van der Waals surface area contributed by atoms with Crippen LogP contribution in [0.2, 0.25) is 5.02 Å². The second kappa shape index (κ2) is 6.03. The molecule has 1 aromatic heterocycles. The Morgan fingerprint density at radius 1 is 1.22 bits per heavy atom. The number of hydrogen-bond donors (Lipinski definition) is 1. The Kier molecular flexibility index (Phi) is 4.39. The van der Waals surface area contributed by atoms with Gasteiger partial charge in [-0.05, 0) is 37.2 Å². The highest BCUT2D eigenvalue weighted by atomic mass is 35.5. The van der Waals surface area contributed by atoms with Gasteiger partial charge in [0.1, 0.15) is 0 Å². The Balaban J connectivity index is 2.36. The molecule has 0 amide bonds. The maximum atomic E-state index is 5.94. The zero-order valence-corrected chi connectivity index (χ0v) is 11.5. The van der Waals surface area contributed by atoms with Crippen molar-refractivity contribution in [1.29, 1.82) is 0 Å². The normalized spacial score (nSPS) is 12.6. The van der Waals surface area contributed by atoms with Gasteiger partial charge in [0, 0.05) is 17.8 Å². The van der Waals surface area contributed by atoms with E-state index in [1.807, 2.05) is 23.0 Å². The largest absolute Gasteiger partial charge is 0.305 e. The third kappa shape index (κ3) is 2.74. The number of aromatic nitrogens is 2. The van der Waals surface area contributed by atoms with Gasteiger partial charge in [-0.15, -0.1) is 0 Å². The lowest BCUT2D eigenvalue weighted by molar-refractivity contribution is 0.542. The Hall–Kier alpha value is -1.32. The summed E-state index contributed by atoms with van der Waals surface area (Å²) in [5.41, 5.74) is 2.39. The molecule has 0 bridgehead atoms. The van der Waals surface area contributed by atoms with E-state index in [2.05, 4.69) is 42.5 Å². The molecule has 18 heavy (non-hydrogen) atoms. The second-order valence-electron chi connectivity index (χ2n) is 4.11.